The highest BCUT2D eigenvalue weighted by Gasteiger charge is 2.26. The molecule has 0 aliphatic carbocycles. The van der Waals surface area contributed by atoms with Crippen LogP contribution in [0, 0.1) is 5.92 Å². The molecule has 0 radical (unpaired) electrons. The monoisotopic (exact) mass is 327 g/mol. The van der Waals surface area contributed by atoms with Crippen LogP contribution < -0.4 is 5.73 Å². The van der Waals surface area contributed by atoms with Crippen molar-refractivity contribution in [2.45, 2.75) is 78.7 Å². The van der Waals surface area contributed by atoms with E-state index in [0.717, 1.165) is 17.5 Å². The van der Waals surface area contributed by atoms with Gasteiger partial charge in [-0.25, -0.2) is 0 Å². The number of rotatable bonds is 3. The first kappa shape index (κ1) is 21.3. The molecule has 3 N–H and O–H groups in total. The van der Waals surface area contributed by atoms with E-state index in [2.05, 4.69) is 67.5 Å². The minimum Gasteiger partial charge on any atom is -0.507 e. The van der Waals surface area contributed by atoms with Crippen LogP contribution in [0.3, 0.4) is 0 Å². The minimum absolute atomic E-state index is 0. The number of nitrogens with two attached hydrogens (primary N) is 1. The van der Waals surface area contributed by atoms with Crippen LogP contribution in [0.5, 0.6) is 5.75 Å². The van der Waals surface area contributed by atoms with Crippen molar-refractivity contribution in [2.24, 2.45) is 11.7 Å². The lowest BCUT2D eigenvalue weighted by atomic mass is 9.77. The highest BCUT2D eigenvalue weighted by Crippen LogP contribution is 2.40. The maximum atomic E-state index is 10.7. The van der Waals surface area contributed by atoms with Crippen LogP contribution in [0.4, 0.5) is 0 Å². The number of phenols is 1. The normalized spacial score (nSPS) is 13.9. The summed E-state index contributed by atoms with van der Waals surface area (Å²) in [6.07, 6.45) is 0.880. The highest BCUT2D eigenvalue weighted by molar-refractivity contribution is 5.85. The number of hydrogen-bond donors (Lipinski definition) is 2. The topological polar surface area (TPSA) is 46.2 Å². The van der Waals surface area contributed by atoms with Crippen molar-refractivity contribution in [3.63, 3.8) is 0 Å². The first-order valence-electron chi connectivity index (χ1n) is 7.97. The van der Waals surface area contributed by atoms with E-state index in [0.29, 0.717) is 11.7 Å². The molecule has 128 valence electrons. The maximum absolute atomic E-state index is 10.7. The van der Waals surface area contributed by atoms with Gasteiger partial charge in [0.15, 0.2) is 0 Å². The number of aromatic hydroxyl groups is 1. The Morgan fingerprint density at radius 2 is 1.50 bits per heavy atom. The molecule has 1 aromatic carbocycles. The van der Waals surface area contributed by atoms with E-state index in [4.69, 9.17) is 5.73 Å². The molecule has 0 bridgehead atoms. The van der Waals surface area contributed by atoms with Crippen molar-refractivity contribution in [2.75, 3.05) is 0 Å². The molecule has 0 heterocycles. The summed E-state index contributed by atoms with van der Waals surface area (Å²) >= 11 is 0. The third-order valence-corrected chi connectivity index (χ3v) is 3.94. The maximum Gasteiger partial charge on any atom is 0.124 e. The summed E-state index contributed by atoms with van der Waals surface area (Å²) in [6, 6.07) is 4.12. The Hall–Kier alpha value is -0.730. The van der Waals surface area contributed by atoms with Crippen molar-refractivity contribution in [1.29, 1.82) is 0 Å². The van der Waals surface area contributed by atoms with Crippen molar-refractivity contribution in [1.82, 2.24) is 0 Å². The molecular formula is C19H34ClNO. The number of halogens is 1. The Kier molecular flexibility index (Phi) is 6.99. The van der Waals surface area contributed by atoms with E-state index in [1.165, 1.54) is 5.56 Å². The molecule has 3 heteroatoms. The molecular weight excluding hydrogens is 294 g/mol. The van der Waals surface area contributed by atoms with Gasteiger partial charge in [-0.15, -0.1) is 12.4 Å². The average Bonchev–Trinajstić information content (AvgIpc) is 2.24. The van der Waals surface area contributed by atoms with Crippen molar-refractivity contribution in [3.05, 3.63) is 28.8 Å². The van der Waals surface area contributed by atoms with E-state index in [-0.39, 0.29) is 29.3 Å². The predicted molar refractivity (Wildman–Crippen MR) is 99.1 cm³/mol. The van der Waals surface area contributed by atoms with Gasteiger partial charge in [0.25, 0.3) is 0 Å². The zero-order valence-electron chi connectivity index (χ0n) is 15.4. The van der Waals surface area contributed by atoms with Crippen LogP contribution in [0.15, 0.2) is 12.1 Å². The fourth-order valence-corrected chi connectivity index (χ4v) is 2.58. The molecule has 0 saturated carbocycles. The Bertz CT molecular complexity index is 495. The molecule has 0 amide bonds. The van der Waals surface area contributed by atoms with Crippen molar-refractivity contribution in [3.8, 4) is 5.75 Å². The molecule has 0 unspecified atom stereocenters. The van der Waals surface area contributed by atoms with Gasteiger partial charge >= 0.3 is 0 Å². The Labute approximate surface area is 142 Å². The number of benzene rings is 1. The van der Waals surface area contributed by atoms with Gasteiger partial charge in [0.2, 0.25) is 0 Å². The SMILES string of the molecule is CC(C)C[C@@H](N)c1cc(C(C)(C)C)cc(C(C)(C)C)c1O.Cl. The summed E-state index contributed by atoms with van der Waals surface area (Å²) in [5, 5.41) is 10.7. The lowest BCUT2D eigenvalue weighted by molar-refractivity contribution is 0.422. The molecule has 0 aliphatic rings. The standard InChI is InChI=1S/C19H33NO.ClH/c1-12(2)9-16(20)14-10-13(18(3,4)5)11-15(17(14)21)19(6,7)8;/h10-12,16,21H,9,20H2,1-8H3;1H/t16-;/m1./s1. The van der Waals surface area contributed by atoms with E-state index in [1.807, 2.05) is 0 Å². The van der Waals surface area contributed by atoms with E-state index in [9.17, 15) is 5.11 Å². The van der Waals surface area contributed by atoms with Crippen LogP contribution in [0.1, 0.15) is 84.5 Å². The van der Waals surface area contributed by atoms with Gasteiger partial charge in [0.1, 0.15) is 5.75 Å². The van der Waals surface area contributed by atoms with Gasteiger partial charge in [0.05, 0.1) is 0 Å². The molecule has 1 rings (SSSR count). The Morgan fingerprint density at radius 3 is 1.86 bits per heavy atom. The summed E-state index contributed by atoms with van der Waals surface area (Å²) in [5.41, 5.74) is 9.42. The Balaban J connectivity index is 0.00000441. The van der Waals surface area contributed by atoms with Gasteiger partial charge in [-0.1, -0.05) is 61.5 Å². The molecule has 0 spiro atoms. The minimum atomic E-state index is -0.117. The van der Waals surface area contributed by atoms with Crippen LogP contribution in [-0.4, -0.2) is 5.11 Å². The van der Waals surface area contributed by atoms with Gasteiger partial charge in [0, 0.05) is 11.6 Å². The molecule has 0 aliphatic heterocycles. The fraction of sp³-hybridized carbons (Fsp3) is 0.684. The summed E-state index contributed by atoms with van der Waals surface area (Å²) in [4.78, 5) is 0. The second-order valence-corrected chi connectivity index (χ2v) is 8.70. The third kappa shape index (κ3) is 5.17. The van der Waals surface area contributed by atoms with Crippen LogP contribution in [-0.2, 0) is 10.8 Å². The summed E-state index contributed by atoms with van der Waals surface area (Å²) in [6.45, 7) is 17.3. The second kappa shape index (κ2) is 7.23. The second-order valence-electron chi connectivity index (χ2n) is 8.70. The number of hydrogen-bond acceptors (Lipinski definition) is 2. The third-order valence-electron chi connectivity index (χ3n) is 3.94. The largest absolute Gasteiger partial charge is 0.507 e. The Morgan fingerprint density at radius 1 is 1.00 bits per heavy atom. The average molecular weight is 328 g/mol. The van der Waals surface area contributed by atoms with E-state index >= 15 is 0 Å². The summed E-state index contributed by atoms with van der Waals surface area (Å²) in [5.74, 6) is 0.888. The van der Waals surface area contributed by atoms with Gasteiger partial charge in [-0.2, -0.15) is 0 Å². The lowest BCUT2D eigenvalue weighted by Gasteiger charge is -2.29. The van der Waals surface area contributed by atoms with Crippen molar-refractivity contribution >= 4 is 12.4 Å². The molecule has 1 atom stereocenters. The number of phenolic OH excluding ortho intramolecular Hbond substituents is 1. The molecule has 22 heavy (non-hydrogen) atoms. The van der Waals surface area contributed by atoms with Crippen LogP contribution in [0.25, 0.3) is 0 Å². The predicted octanol–water partition coefficient (Wildman–Crippen LogP) is 5.45. The fourth-order valence-electron chi connectivity index (χ4n) is 2.58. The zero-order valence-corrected chi connectivity index (χ0v) is 16.3. The highest BCUT2D eigenvalue weighted by atomic mass is 35.5. The molecule has 0 fully saturated rings. The van der Waals surface area contributed by atoms with E-state index in [1.54, 1.807) is 0 Å². The van der Waals surface area contributed by atoms with Crippen LogP contribution in [0.2, 0.25) is 0 Å². The zero-order chi connectivity index (χ0) is 16.6. The van der Waals surface area contributed by atoms with Crippen LogP contribution >= 0.6 is 12.4 Å². The molecule has 0 saturated heterocycles. The van der Waals surface area contributed by atoms with Gasteiger partial charge < -0.3 is 10.8 Å². The quantitative estimate of drug-likeness (QED) is 0.774. The van der Waals surface area contributed by atoms with E-state index < -0.39 is 0 Å². The summed E-state index contributed by atoms with van der Waals surface area (Å²) in [7, 11) is 0. The smallest absolute Gasteiger partial charge is 0.124 e. The summed E-state index contributed by atoms with van der Waals surface area (Å²) < 4.78 is 0. The first-order valence-corrected chi connectivity index (χ1v) is 7.97. The first-order chi connectivity index (χ1) is 9.34. The lowest BCUT2D eigenvalue weighted by Crippen LogP contribution is -2.20. The molecule has 2 nitrogen and oxygen atoms in total. The van der Waals surface area contributed by atoms with Gasteiger partial charge in [-0.05, 0) is 40.4 Å². The molecule has 0 aromatic heterocycles. The van der Waals surface area contributed by atoms with Crippen molar-refractivity contribution < 1.29 is 5.11 Å². The van der Waals surface area contributed by atoms with Gasteiger partial charge in [-0.3, -0.25) is 0 Å². The molecule has 1 aromatic rings.